The zero-order valence-electron chi connectivity index (χ0n) is 10.9. The van der Waals surface area contributed by atoms with Crippen molar-refractivity contribution in [1.29, 1.82) is 0 Å². The van der Waals surface area contributed by atoms with Crippen LogP contribution in [0.5, 0.6) is 0 Å². The Balaban J connectivity index is 2.01. The summed E-state index contributed by atoms with van der Waals surface area (Å²) in [4.78, 5) is 13.7. The highest BCUT2D eigenvalue weighted by molar-refractivity contribution is 5.79. The molecule has 110 valence electrons. The van der Waals surface area contributed by atoms with Gasteiger partial charge in [-0.2, -0.15) is 13.2 Å². The quantitative estimate of drug-likeness (QED) is 0.926. The number of halogens is 3. The van der Waals surface area contributed by atoms with Crippen LogP contribution in [0.15, 0.2) is 24.3 Å². The number of nitrogens with zero attached hydrogens (tertiary/aromatic N) is 1. The lowest BCUT2D eigenvalue weighted by atomic mass is 10.1. The molecule has 0 bridgehead atoms. The van der Waals surface area contributed by atoms with E-state index in [0.717, 1.165) is 25.0 Å². The molecule has 0 aromatic heterocycles. The minimum absolute atomic E-state index is 0.0641. The van der Waals surface area contributed by atoms with Crippen LogP contribution in [0.25, 0.3) is 0 Å². The molecule has 3 nitrogen and oxygen atoms in total. The molecule has 1 aromatic rings. The molecule has 1 N–H and O–H groups in total. The SMILES string of the molecule is O=C(Cc1ccc(C(F)(F)F)cc1)N1CCCC1CO. The van der Waals surface area contributed by atoms with Gasteiger partial charge in [0.25, 0.3) is 0 Å². The summed E-state index contributed by atoms with van der Waals surface area (Å²) in [6.07, 6.45) is -2.67. The number of carbonyl (C=O) groups is 1. The van der Waals surface area contributed by atoms with E-state index in [-0.39, 0.29) is 25.0 Å². The molecule has 0 radical (unpaired) electrons. The van der Waals surface area contributed by atoms with Gasteiger partial charge in [0, 0.05) is 6.54 Å². The molecule has 0 aliphatic carbocycles. The summed E-state index contributed by atoms with van der Waals surface area (Å²) in [5, 5.41) is 9.16. The van der Waals surface area contributed by atoms with Crippen LogP contribution >= 0.6 is 0 Å². The minimum Gasteiger partial charge on any atom is -0.394 e. The third kappa shape index (κ3) is 3.30. The maximum atomic E-state index is 12.4. The van der Waals surface area contributed by atoms with Crippen LogP contribution in [-0.2, 0) is 17.4 Å². The number of hydrogen-bond donors (Lipinski definition) is 1. The van der Waals surface area contributed by atoms with Crippen molar-refractivity contribution < 1.29 is 23.1 Å². The van der Waals surface area contributed by atoms with Gasteiger partial charge in [-0.05, 0) is 30.5 Å². The van der Waals surface area contributed by atoms with Crippen molar-refractivity contribution in [2.45, 2.75) is 31.5 Å². The minimum atomic E-state index is -4.36. The summed E-state index contributed by atoms with van der Waals surface area (Å²) in [6, 6.07) is 4.46. The molecule has 1 fully saturated rings. The first-order chi connectivity index (χ1) is 9.41. The summed E-state index contributed by atoms with van der Waals surface area (Å²) in [5.74, 6) is -0.152. The van der Waals surface area contributed by atoms with Crippen LogP contribution in [0.4, 0.5) is 13.2 Å². The third-order valence-electron chi connectivity index (χ3n) is 3.54. The number of amides is 1. The molecule has 1 aliphatic rings. The number of likely N-dealkylation sites (tertiary alicyclic amines) is 1. The Kier molecular flexibility index (Phi) is 4.32. The fourth-order valence-corrected chi connectivity index (χ4v) is 2.44. The topological polar surface area (TPSA) is 40.5 Å². The molecule has 6 heteroatoms. The smallest absolute Gasteiger partial charge is 0.394 e. The second-order valence-electron chi connectivity index (χ2n) is 4.94. The van der Waals surface area contributed by atoms with Gasteiger partial charge in [-0.3, -0.25) is 4.79 Å². The van der Waals surface area contributed by atoms with E-state index >= 15 is 0 Å². The van der Waals surface area contributed by atoms with E-state index in [1.807, 2.05) is 0 Å². The number of aliphatic hydroxyl groups excluding tert-OH is 1. The van der Waals surface area contributed by atoms with Crippen molar-refractivity contribution in [3.63, 3.8) is 0 Å². The first kappa shape index (κ1) is 14.8. The van der Waals surface area contributed by atoms with Gasteiger partial charge >= 0.3 is 6.18 Å². The maximum absolute atomic E-state index is 12.4. The predicted octanol–water partition coefficient (Wildman–Crippen LogP) is 2.23. The van der Waals surface area contributed by atoms with Gasteiger partial charge in [0.15, 0.2) is 0 Å². The second kappa shape index (κ2) is 5.83. The van der Waals surface area contributed by atoms with Crippen molar-refractivity contribution in [3.05, 3.63) is 35.4 Å². The number of rotatable bonds is 3. The zero-order chi connectivity index (χ0) is 14.8. The van der Waals surface area contributed by atoms with Gasteiger partial charge in [-0.1, -0.05) is 12.1 Å². The van der Waals surface area contributed by atoms with Crippen LogP contribution in [0.1, 0.15) is 24.0 Å². The van der Waals surface area contributed by atoms with E-state index in [2.05, 4.69) is 0 Å². The molecular weight excluding hydrogens is 271 g/mol. The molecule has 1 amide bonds. The van der Waals surface area contributed by atoms with E-state index in [0.29, 0.717) is 12.1 Å². The van der Waals surface area contributed by atoms with Crippen molar-refractivity contribution >= 4 is 5.91 Å². The average molecular weight is 287 g/mol. The van der Waals surface area contributed by atoms with E-state index in [1.54, 1.807) is 4.90 Å². The van der Waals surface area contributed by atoms with E-state index in [4.69, 9.17) is 5.11 Å². The summed E-state index contributed by atoms with van der Waals surface area (Å²) >= 11 is 0. The van der Waals surface area contributed by atoms with Gasteiger partial charge in [-0.25, -0.2) is 0 Å². The maximum Gasteiger partial charge on any atom is 0.416 e. The third-order valence-corrected chi connectivity index (χ3v) is 3.54. The van der Waals surface area contributed by atoms with Gasteiger partial charge in [-0.15, -0.1) is 0 Å². The first-order valence-electron chi connectivity index (χ1n) is 6.48. The molecule has 1 aliphatic heterocycles. The standard InChI is InChI=1S/C14H16F3NO2/c15-14(16,17)11-5-3-10(4-6-11)8-13(20)18-7-1-2-12(18)9-19/h3-6,12,19H,1-2,7-9H2. The Morgan fingerprint density at radius 3 is 2.50 bits per heavy atom. The van der Waals surface area contributed by atoms with E-state index < -0.39 is 11.7 Å². The Morgan fingerprint density at radius 1 is 1.30 bits per heavy atom. The average Bonchev–Trinajstić information content (AvgIpc) is 2.86. The molecule has 1 unspecified atom stereocenters. The number of benzene rings is 1. The Morgan fingerprint density at radius 2 is 1.95 bits per heavy atom. The van der Waals surface area contributed by atoms with Gasteiger partial charge in [0.2, 0.25) is 5.91 Å². The highest BCUT2D eigenvalue weighted by Crippen LogP contribution is 2.29. The Hall–Kier alpha value is -1.56. The molecule has 2 rings (SSSR count). The van der Waals surface area contributed by atoms with Crippen molar-refractivity contribution in [2.24, 2.45) is 0 Å². The molecule has 0 spiro atoms. The van der Waals surface area contributed by atoms with Gasteiger partial charge in [0.1, 0.15) is 0 Å². The Bertz CT molecular complexity index is 470. The molecule has 1 heterocycles. The van der Waals surface area contributed by atoms with Crippen molar-refractivity contribution in [1.82, 2.24) is 4.90 Å². The van der Waals surface area contributed by atoms with Gasteiger partial charge in [0.05, 0.1) is 24.6 Å². The molecule has 1 saturated heterocycles. The largest absolute Gasteiger partial charge is 0.416 e. The first-order valence-corrected chi connectivity index (χ1v) is 6.48. The lowest BCUT2D eigenvalue weighted by Crippen LogP contribution is -2.38. The van der Waals surface area contributed by atoms with E-state index in [9.17, 15) is 18.0 Å². The highest BCUT2D eigenvalue weighted by Gasteiger charge is 2.30. The molecular formula is C14H16F3NO2. The van der Waals surface area contributed by atoms with Crippen LogP contribution in [-0.4, -0.2) is 35.1 Å². The number of aliphatic hydroxyl groups is 1. The molecule has 0 saturated carbocycles. The lowest BCUT2D eigenvalue weighted by molar-refractivity contribution is -0.137. The number of hydrogen-bond acceptors (Lipinski definition) is 2. The van der Waals surface area contributed by atoms with Crippen LogP contribution < -0.4 is 0 Å². The molecule has 20 heavy (non-hydrogen) atoms. The fourth-order valence-electron chi connectivity index (χ4n) is 2.44. The number of alkyl halides is 3. The van der Waals surface area contributed by atoms with Crippen LogP contribution in [0.2, 0.25) is 0 Å². The van der Waals surface area contributed by atoms with Crippen molar-refractivity contribution in [3.8, 4) is 0 Å². The van der Waals surface area contributed by atoms with Crippen LogP contribution in [0.3, 0.4) is 0 Å². The molecule has 1 atom stereocenters. The highest BCUT2D eigenvalue weighted by atomic mass is 19.4. The Labute approximate surface area is 115 Å². The predicted molar refractivity (Wildman–Crippen MR) is 67.0 cm³/mol. The molecule has 1 aromatic carbocycles. The summed E-state index contributed by atoms with van der Waals surface area (Å²) in [5.41, 5.74) is -0.172. The fraction of sp³-hybridized carbons (Fsp3) is 0.500. The summed E-state index contributed by atoms with van der Waals surface area (Å²) in [7, 11) is 0. The van der Waals surface area contributed by atoms with Crippen LogP contribution in [0, 0.1) is 0 Å². The summed E-state index contributed by atoms with van der Waals surface area (Å²) < 4.78 is 37.3. The summed E-state index contributed by atoms with van der Waals surface area (Å²) in [6.45, 7) is 0.531. The zero-order valence-corrected chi connectivity index (χ0v) is 10.9. The lowest BCUT2D eigenvalue weighted by Gasteiger charge is -2.23. The number of carbonyl (C=O) groups excluding carboxylic acids is 1. The van der Waals surface area contributed by atoms with Gasteiger partial charge < -0.3 is 10.0 Å². The van der Waals surface area contributed by atoms with E-state index in [1.165, 1.54) is 12.1 Å². The normalized spacial score (nSPS) is 19.4. The second-order valence-corrected chi connectivity index (χ2v) is 4.94. The monoisotopic (exact) mass is 287 g/mol. The van der Waals surface area contributed by atoms with Crippen molar-refractivity contribution in [2.75, 3.05) is 13.2 Å².